The van der Waals surface area contributed by atoms with Crippen LogP contribution in [0.5, 0.6) is 0 Å². The molecule has 3 nitrogen and oxygen atoms in total. The Labute approximate surface area is 93.9 Å². The fourth-order valence-electron chi connectivity index (χ4n) is 1.11. The maximum absolute atomic E-state index is 12.5. The lowest BCUT2D eigenvalue weighted by Gasteiger charge is -2.12. The Morgan fingerprint density at radius 2 is 2.00 bits per heavy atom. The molecule has 0 radical (unpaired) electrons. The minimum Gasteiger partial charge on any atom is -0.465 e. The van der Waals surface area contributed by atoms with E-state index < -0.39 is 28.3 Å². The number of alkyl halides is 3. The van der Waals surface area contributed by atoms with Gasteiger partial charge in [-0.25, -0.2) is 4.79 Å². The fraction of sp³-hybridized carbons (Fsp3) is 0.222. The number of hydrogen-bond donors (Lipinski definition) is 1. The third-order valence-electron chi connectivity index (χ3n) is 1.81. The quantitative estimate of drug-likeness (QED) is 0.618. The summed E-state index contributed by atoms with van der Waals surface area (Å²) in [7, 11) is 1.04. The van der Waals surface area contributed by atoms with Gasteiger partial charge in [0.1, 0.15) is 0 Å². The molecule has 0 bridgehead atoms. The lowest BCUT2D eigenvalue weighted by molar-refractivity contribution is -0.137. The number of carbonyl (C=O) groups excluding carboxylic acids is 1. The molecule has 1 aromatic rings. The molecule has 88 valence electrons. The van der Waals surface area contributed by atoms with Crippen molar-refractivity contribution in [1.29, 1.82) is 0 Å². The molecule has 7 heteroatoms. The Bertz CT molecular complexity index is 431. The molecule has 0 aromatic heterocycles. The number of anilines is 1. The average Bonchev–Trinajstić information content (AvgIpc) is 2.18. The predicted octanol–water partition coefficient (Wildman–Crippen LogP) is 2.73. The van der Waals surface area contributed by atoms with Gasteiger partial charge in [0.25, 0.3) is 0 Å². The molecule has 0 saturated carbocycles. The Balaban J connectivity index is 3.44. The summed E-state index contributed by atoms with van der Waals surface area (Å²) in [5, 5.41) is -0.714. The lowest BCUT2D eigenvalue weighted by Crippen LogP contribution is -2.11. The van der Waals surface area contributed by atoms with Gasteiger partial charge >= 0.3 is 12.1 Å². The van der Waals surface area contributed by atoms with Gasteiger partial charge in [-0.3, -0.25) is 0 Å². The molecule has 0 unspecified atom stereocenters. The van der Waals surface area contributed by atoms with E-state index in [4.69, 9.17) is 17.3 Å². The van der Waals surface area contributed by atoms with Crippen molar-refractivity contribution < 1.29 is 22.7 Å². The van der Waals surface area contributed by atoms with E-state index >= 15 is 0 Å². The molecule has 0 heterocycles. The number of halogens is 4. The monoisotopic (exact) mass is 253 g/mol. The number of ether oxygens (including phenoxy) is 1. The van der Waals surface area contributed by atoms with Crippen molar-refractivity contribution in [3.8, 4) is 0 Å². The van der Waals surface area contributed by atoms with Gasteiger partial charge in [0.2, 0.25) is 0 Å². The van der Waals surface area contributed by atoms with Gasteiger partial charge in [-0.1, -0.05) is 11.6 Å². The zero-order valence-electron chi connectivity index (χ0n) is 8.06. The number of benzene rings is 1. The van der Waals surface area contributed by atoms with Crippen LogP contribution < -0.4 is 5.73 Å². The zero-order valence-corrected chi connectivity index (χ0v) is 8.82. The molecule has 0 aliphatic rings. The van der Waals surface area contributed by atoms with Crippen LogP contribution in [-0.2, 0) is 10.9 Å². The second kappa shape index (κ2) is 4.21. The number of nitrogens with two attached hydrogens (primary N) is 1. The second-order valence-electron chi connectivity index (χ2n) is 2.92. The molecule has 1 aromatic carbocycles. The van der Waals surface area contributed by atoms with E-state index in [1.807, 2.05) is 0 Å². The van der Waals surface area contributed by atoms with Crippen molar-refractivity contribution in [3.63, 3.8) is 0 Å². The lowest BCUT2D eigenvalue weighted by atomic mass is 10.1. The molecule has 0 spiro atoms. The maximum atomic E-state index is 12.5. The molecular formula is C9H7ClF3NO2. The van der Waals surface area contributed by atoms with E-state index in [-0.39, 0.29) is 5.69 Å². The Hall–Kier alpha value is -1.43. The highest BCUT2D eigenvalue weighted by Gasteiger charge is 2.35. The van der Waals surface area contributed by atoms with Gasteiger partial charge in [-0.05, 0) is 12.1 Å². The highest BCUT2D eigenvalue weighted by molar-refractivity contribution is 6.34. The van der Waals surface area contributed by atoms with Gasteiger partial charge in [-0.2, -0.15) is 13.2 Å². The normalized spacial score (nSPS) is 11.3. The second-order valence-corrected chi connectivity index (χ2v) is 3.30. The highest BCUT2D eigenvalue weighted by Crippen LogP contribution is 2.37. The summed E-state index contributed by atoms with van der Waals surface area (Å²) in [5.74, 6) is -0.970. The smallest absolute Gasteiger partial charge is 0.417 e. The fourth-order valence-corrected chi connectivity index (χ4v) is 1.40. The summed E-state index contributed by atoms with van der Waals surface area (Å²) in [6.45, 7) is 0. The van der Waals surface area contributed by atoms with Crippen LogP contribution >= 0.6 is 11.6 Å². The molecule has 0 atom stereocenters. The standard InChI is InChI=1S/C9H7ClF3NO2/c1-16-8(15)5-2-4(14)3-6(7(5)10)9(11,12)13/h2-3H,14H2,1H3. The molecular weight excluding hydrogens is 247 g/mol. The van der Waals surface area contributed by atoms with Gasteiger partial charge in [0, 0.05) is 5.69 Å². The van der Waals surface area contributed by atoms with Crippen molar-refractivity contribution in [3.05, 3.63) is 28.3 Å². The zero-order chi connectivity index (χ0) is 12.5. The largest absolute Gasteiger partial charge is 0.465 e. The van der Waals surface area contributed by atoms with Crippen molar-refractivity contribution in [2.24, 2.45) is 0 Å². The van der Waals surface area contributed by atoms with Gasteiger partial charge < -0.3 is 10.5 Å². The van der Waals surface area contributed by atoms with Crippen LogP contribution in [-0.4, -0.2) is 13.1 Å². The van der Waals surface area contributed by atoms with Crippen molar-refractivity contribution in [2.75, 3.05) is 12.8 Å². The topological polar surface area (TPSA) is 52.3 Å². The summed E-state index contributed by atoms with van der Waals surface area (Å²) >= 11 is 5.46. The van der Waals surface area contributed by atoms with Crippen molar-refractivity contribution in [2.45, 2.75) is 6.18 Å². The van der Waals surface area contributed by atoms with Crippen LogP contribution in [0.1, 0.15) is 15.9 Å². The summed E-state index contributed by atoms with van der Waals surface area (Å²) in [4.78, 5) is 11.1. The number of methoxy groups -OCH3 is 1. The molecule has 0 amide bonds. The molecule has 0 aliphatic carbocycles. The molecule has 16 heavy (non-hydrogen) atoms. The molecule has 0 saturated heterocycles. The highest BCUT2D eigenvalue weighted by atomic mass is 35.5. The number of nitrogen functional groups attached to an aromatic ring is 1. The predicted molar refractivity (Wildman–Crippen MR) is 52.2 cm³/mol. The van der Waals surface area contributed by atoms with Crippen LogP contribution in [0.15, 0.2) is 12.1 Å². The first-order valence-electron chi connectivity index (χ1n) is 4.02. The third-order valence-corrected chi connectivity index (χ3v) is 2.21. The summed E-state index contributed by atoms with van der Waals surface area (Å²) in [5.41, 5.74) is 3.48. The van der Waals surface area contributed by atoms with Crippen LogP contribution in [0.3, 0.4) is 0 Å². The number of rotatable bonds is 1. The van der Waals surface area contributed by atoms with Crippen molar-refractivity contribution >= 4 is 23.3 Å². The van der Waals surface area contributed by atoms with E-state index in [9.17, 15) is 18.0 Å². The molecule has 0 fully saturated rings. The van der Waals surface area contributed by atoms with Gasteiger partial charge in [-0.15, -0.1) is 0 Å². The van der Waals surface area contributed by atoms with Crippen LogP contribution in [0.2, 0.25) is 5.02 Å². The van der Waals surface area contributed by atoms with Crippen molar-refractivity contribution in [1.82, 2.24) is 0 Å². The SMILES string of the molecule is COC(=O)c1cc(N)cc(C(F)(F)F)c1Cl. The van der Waals surface area contributed by atoms with E-state index in [1.165, 1.54) is 0 Å². The Kier molecular flexibility index (Phi) is 3.32. The van der Waals surface area contributed by atoms with Gasteiger partial charge in [0.15, 0.2) is 0 Å². The summed E-state index contributed by atoms with van der Waals surface area (Å²) < 4.78 is 41.7. The number of esters is 1. The number of hydrogen-bond acceptors (Lipinski definition) is 3. The molecule has 0 aliphatic heterocycles. The first-order chi connectivity index (χ1) is 7.27. The number of carbonyl (C=O) groups is 1. The Morgan fingerprint density at radius 3 is 2.44 bits per heavy atom. The van der Waals surface area contributed by atoms with Crippen LogP contribution in [0.4, 0.5) is 18.9 Å². The van der Waals surface area contributed by atoms with E-state index in [2.05, 4.69) is 4.74 Å². The minimum absolute atomic E-state index is 0.211. The molecule has 2 N–H and O–H groups in total. The van der Waals surface area contributed by atoms with E-state index in [0.717, 1.165) is 13.2 Å². The third kappa shape index (κ3) is 2.38. The van der Waals surface area contributed by atoms with Crippen LogP contribution in [0, 0.1) is 0 Å². The first kappa shape index (κ1) is 12.6. The van der Waals surface area contributed by atoms with Crippen LogP contribution in [0.25, 0.3) is 0 Å². The maximum Gasteiger partial charge on any atom is 0.417 e. The average molecular weight is 254 g/mol. The first-order valence-corrected chi connectivity index (χ1v) is 4.39. The molecule has 1 rings (SSSR count). The summed E-state index contributed by atoms with van der Waals surface area (Å²) in [6.07, 6.45) is -4.67. The van der Waals surface area contributed by atoms with Gasteiger partial charge in [0.05, 0.1) is 23.3 Å². The van der Waals surface area contributed by atoms with E-state index in [1.54, 1.807) is 0 Å². The van der Waals surface area contributed by atoms with E-state index in [0.29, 0.717) is 6.07 Å². The Morgan fingerprint density at radius 1 is 1.44 bits per heavy atom. The minimum atomic E-state index is -4.67. The summed E-state index contributed by atoms with van der Waals surface area (Å²) in [6, 6.07) is 1.69.